The first-order chi connectivity index (χ1) is 11.8. The molecule has 3 rings (SSSR count). The van der Waals surface area contributed by atoms with E-state index in [1.54, 1.807) is 18.0 Å². The van der Waals surface area contributed by atoms with Crippen LogP contribution in [0, 0.1) is 0 Å². The number of amides is 1. The highest BCUT2D eigenvalue weighted by Gasteiger charge is 2.27. The first kappa shape index (κ1) is 17.0. The van der Waals surface area contributed by atoms with Crippen molar-refractivity contribution < 1.29 is 9.53 Å². The summed E-state index contributed by atoms with van der Waals surface area (Å²) >= 11 is 1.75. The van der Waals surface area contributed by atoms with Gasteiger partial charge in [-0.1, -0.05) is 36.4 Å². The Morgan fingerprint density at radius 3 is 2.83 bits per heavy atom. The van der Waals surface area contributed by atoms with Gasteiger partial charge >= 0.3 is 0 Å². The van der Waals surface area contributed by atoms with Crippen molar-refractivity contribution in [3.8, 4) is 0 Å². The Morgan fingerprint density at radius 2 is 2.04 bits per heavy atom. The smallest absolute Gasteiger partial charge is 0.224 e. The van der Waals surface area contributed by atoms with E-state index in [-0.39, 0.29) is 11.9 Å². The molecule has 1 aliphatic rings. The number of hydrogen-bond donors (Lipinski definition) is 0. The second kappa shape index (κ2) is 8.85. The summed E-state index contributed by atoms with van der Waals surface area (Å²) in [5.74, 6) is 1.87. The molecule has 1 unspecified atom stereocenters. The number of aromatic nitrogens is 1. The van der Waals surface area contributed by atoms with Crippen LogP contribution in [0.5, 0.6) is 0 Å². The number of carbonyl (C=O) groups excluding carboxylic acids is 1. The van der Waals surface area contributed by atoms with Gasteiger partial charge in [0.2, 0.25) is 5.91 Å². The van der Waals surface area contributed by atoms with Crippen LogP contribution in [0.1, 0.15) is 23.7 Å². The van der Waals surface area contributed by atoms with E-state index in [9.17, 15) is 4.79 Å². The summed E-state index contributed by atoms with van der Waals surface area (Å²) in [7, 11) is 0. The van der Waals surface area contributed by atoms with Crippen molar-refractivity contribution in [3.05, 3.63) is 66.0 Å². The van der Waals surface area contributed by atoms with E-state index in [2.05, 4.69) is 17.1 Å². The molecular weight excluding hydrogens is 320 g/mol. The molecule has 1 fully saturated rings. The van der Waals surface area contributed by atoms with Gasteiger partial charge in [0, 0.05) is 30.7 Å². The molecule has 0 N–H and O–H groups in total. The third-order valence-electron chi connectivity index (χ3n) is 4.07. The van der Waals surface area contributed by atoms with Gasteiger partial charge in [-0.2, -0.15) is 11.8 Å². The van der Waals surface area contributed by atoms with Gasteiger partial charge in [-0.15, -0.1) is 0 Å². The average Bonchev–Trinajstić information content (AvgIpc) is 2.66. The number of ether oxygens (including phenoxy) is 1. The van der Waals surface area contributed by atoms with Gasteiger partial charge in [-0.3, -0.25) is 9.78 Å². The molecule has 1 aromatic carbocycles. The van der Waals surface area contributed by atoms with Crippen LogP contribution in [0.4, 0.5) is 0 Å². The minimum Gasteiger partial charge on any atom is -0.377 e. The monoisotopic (exact) mass is 342 g/mol. The lowest BCUT2D eigenvalue weighted by Gasteiger charge is -2.36. The van der Waals surface area contributed by atoms with Crippen LogP contribution in [0.3, 0.4) is 0 Å². The quantitative estimate of drug-likeness (QED) is 0.756. The maximum absolute atomic E-state index is 12.6. The predicted octanol–water partition coefficient (Wildman–Crippen LogP) is 3.31. The zero-order valence-electron chi connectivity index (χ0n) is 13.6. The molecule has 0 spiro atoms. The van der Waals surface area contributed by atoms with E-state index in [1.165, 1.54) is 0 Å². The van der Waals surface area contributed by atoms with E-state index in [0.717, 1.165) is 22.8 Å². The van der Waals surface area contributed by atoms with Crippen LogP contribution in [-0.2, 0) is 15.3 Å². The summed E-state index contributed by atoms with van der Waals surface area (Å²) in [5.41, 5.74) is 2.20. The largest absolute Gasteiger partial charge is 0.377 e. The van der Waals surface area contributed by atoms with Gasteiger partial charge < -0.3 is 9.64 Å². The molecule has 2 aromatic rings. The number of carbonyl (C=O) groups is 1. The summed E-state index contributed by atoms with van der Waals surface area (Å²) in [6.45, 7) is 1.87. The van der Waals surface area contributed by atoms with Gasteiger partial charge in [0.05, 0.1) is 24.9 Å². The molecule has 0 bridgehead atoms. The molecule has 0 saturated carbocycles. The SMILES string of the molecule is O=C(CCSCc1ccccn1)N1CCOCC1c1ccccc1. The molecule has 4 nitrogen and oxygen atoms in total. The molecule has 24 heavy (non-hydrogen) atoms. The van der Waals surface area contributed by atoms with E-state index in [0.29, 0.717) is 26.2 Å². The normalized spacial score (nSPS) is 17.7. The Labute approximate surface area is 147 Å². The molecule has 1 aromatic heterocycles. The van der Waals surface area contributed by atoms with Crippen LogP contribution >= 0.6 is 11.8 Å². The number of rotatable bonds is 6. The van der Waals surface area contributed by atoms with Crippen molar-refractivity contribution in [1.29, 1.82) is 0 Å². The molecule has 5 heteroatoms. The van der Waals surface area contributed by atoms with Gasteiger partial charge in [-0.05, 0) is 17.7 Å². The van der Waals surface area contributed by atoms with Gasteiger partial charge in [0.1, 0.15) is 0 Å². The van der Waals surface area contributed by atoms with E-state index < -0.39 is 0 Å². The molecule has 1 aliphatic heterocycles. The van der Waals surface area contributed by atoms with Crippen molar-refractivity contribution in [1.82, 2.24) is 9.88 Å². The standard InChI is InChI=1S/C19H22N2O2S/c22-19(9-13-24-15-17-8-4-5-10-20-17)21-11-12-23-14-18(21)16-6-2-1-3-7-16/h1-8,10,18H,9,11-15H2. The maximum atomic E-state index is 12.6. The number of benzene rings is 1. The summed E-state index contributed by atoms with van der Waals surface area (Å²) in [6, 6.07) is 16.1. The van der Waals surface area contributed by atoms with E-state index in [4.69, 9.17) is 4.74 Å². The van der Waals surface area contributed by atoms with Crippen LogP contribution in [0.25, 0.3) is 0 Å². The summed E-state index contributed by atoms with van der Waals surface area (Å²) in [5, 5.41) is 0. The molecule has 0 aliphatic carbocycles. The van der Waals surface area contributed by atoms with E-state index in [1.807, 2.05) is 41.3 Å². The second-order valence-corrected chi connectivity index (χ2v) is 6.82. The highest BCUT2D eigenvalue weighted by atomic mass is 32.2. The minimum absolute atomic E-state index is 0.0354. The Morgan fingerprint density at radius 1 is 1.21 bits per heavy atom. The fraction of sp³-hybridized carbons (Fsp3) is 0.368. The number of thioether (sulfide) groups is 1. The molecule has 1 amide bonds. The molecule has 2 heterocycles. The van der Waals surface area contributed by atoms with Crippen LogP contribution in [0.2, 0.25) is 0 Å². The lowest BCUT2D eigenvalue weighted by Crippen LogP contribution is -2.43. The van der Waals surface area contributed by atoms with Crippen LogP contribution in [0.15, 0.2) is 54.7 Å². The number of nitrogens with zero attached hydrogens (tertiary/aromatic N) is 2. The molecule has 1 atom stereocenters. The Kier molecular flexibility index (Phi) is 6.26. The Hall–Kier alpha value is -1.85. The van der Waals surface area contributed by atoms with Crippen molar-refractivity contribution in [2.45, 2.75) is 18.2 Å². The van der Waals surface area contributed by atoms with Crippen LogP contribution < -0.4 is 0 Å². The summed E-state index contributed by atoms with van der Waals surface area (Å²) in [4.78, 5) is 18.9. The maximum Gasteiger partial charge on any atom is 0.224 e. The highest BCUT2D eigenvalue weighted by Crippen LogP contribution is 2.25. The first-order valence-electron chi connectivity index (χ1n) is 8.24. The van der Waals surface area contributed by atoms with Crippen molar-refractivity contribution in [2.75, 3.05) is 25.5 Å². The number of hydrogen-bond acceptors (Lipinski definition) is 4. The van der Waals surface area contributed by atoms with Crippen LogP contribution in [-0.4, -0.2) is 41.3 Å². The van der Waals surface area contributed by atoms with E-state index >= 15 is 0 Å². The third-order valence-corrected chi connectivity index (χ3v) is 5.06. The van der Waals surface area contributed by atoms with Crippen molar-refractivity contribution in [3.63, 3.8) is 0 Å². The zero-order chi connectivity index (χ0) is 16.6. The average molecular weight is 342 g/mol. The predicted molar refractivity (Wildman–Crippen MR) is 96.7 cm³/mol. The fourth-order valence-corrected chi connectivity index (χ4v) is 3.66. The van der Waals surface area contributed by atoms with Crippen molar-refractivity contribution >= 4 is 17.7 Å². The zero-order valence-corrected chi connectivity index (χ0v) is 14.5. The summed E-state index contributed by atoms with van der Waals surface area (Å²) in [6.07, 6.45) is 2.36. The Balaban J connectivity index is 1.51. The molecule has 126 valence electrons. The third kappa shape index (κ3) is 4.58. The summed E-state index contributed by atoms with van der Waals surface area (Å²) < 4.78 is 5.59. The minimum atomic E-state index is 0.0354. The van der Waals surface area contributed by atoms with Gasteiger partial charge in [0.15, 0.2) is 0 Å². The molecular formula is C19H22N2O2S. The number of pyridine rings is 1. The topological polar surface area (TPSA) is 42.4 Å². The van der Waals surface area contributed by atoms with Gasteiger partial charge in [-0.25, -0.2) is 0 Å². The lowest BCUT2D eigenvalue weighted by atomic mass is 10.0. The highest BCUT2D eigenvalue weighted by molar-refractivity contribution is 7.98. The molecule has 0 radical (unpaired) electrons. The lowest BCUT2D eigenvalue weighted by molar-refractivity contribution is -0.139. The van der Waals surface area contributed by atoms with Gasteiger partial charge in [0.25, 0.3) is 0 Å². The fourth-order valence-electron chi connectivity index (χ4n) is 2.82. The second-order valence-electron chi connectivity index (χ2n) is 5.71. The van der Waals surface area contributed by atoms with Crippen molar-refractivity contribution in [2.24, 2.45) is 0 Å². The number of morpholine rings is 1. The Bertz CT molecular complexity index is 636. The molecule has 1 saturated heterocycles. The first-order valence-corrected chi connectivity index (χ1v) is 9.40.